The predicted molar refractivity (Wildman–Crippen MR) is 100.0 cm³/mol. The topological polar surface area (TPSA) is 79.9 Å². The second kappa shape index (κ2) is 9.55. The summed E-state index contributed by atoms with van der Waals surface area (Å²) in [5.74, 6) is 0.700. The second-order valence-corrected chi connectivity index (χ2v) is 8.55. The van der Waals surface area contributed by atoms with Crippen LogP contribution in [0.25, 0.3) is 0 Å². The molecule has 0 aromatic carbocycles. The number of alkyl carbamates (subject to hydrolysis) is 1. The zero-order valence-electron chi connectivity index (χ0n) is 16.7. The Morgan fingerprint density at radius 2 is 1.96 bits per heavy atom. The molecule has 26 heavy (non-hydrogen) atoms. The molecular formula is C19H35N3O4. The molecule has 0 aromatic heterocycles. The van der Waals surface area contributed by atoms with Gasteiger partial charge in [0, 0.05) is 26.2 Å². The molecule has 3 unspecified atom stereocenters. The number of carbonyl (C=O) groups is 2. The summed E-state index contributed by atoms with van der Waals surface area (Å²) in [5.41, 5.74) is -0.519. The van der Waals surface area contributed by atoms with Gasteiger partial charge in [-0.15, -0.1) is 0 Å². The quantitative estimate of drug-likeness (QED) is 0.748. The molecule has 2 amide bonds. The normalized spacial score (nSPS) is 27.2. The lowest BCUT2D eigenvalue weighted by Gasteiger charge is -2.30. The highest BCUT2D eigenvalue weighted by Gasteiger charge is 2.31. The fourth-order valence-corrected chi connectivity index (χ4v) is 3.50. The summed E-state index contributed by atoms with van der Waals surface area (Å²) in [6.07, 6.45) is 2.99. The van der Waals surface area contributed by atoms with Crippen LogP contribution in [0.2, 0.25) is 0 Å². The lowest BCUT2D eigenvalue weighted by molar-refractivity contribution is -0.131. The highest BCUT2D eigenvalue weighted by Crippen LogP contribution is 2.19. The van der Waals surface area contributed by atoms with E-state index in [-0.39, 0.29) is 12.0 Å². The average molecular weight is 370 g/mol. The van der Waals surface area contributed by atoms with Gasteiger partial charge >= 0.3 is 6.09 Å². The van der Waals surface area contributed by atoms with E-state index >= 15 is 0 Å². The first kappa shape index (κ1) is 21.0. The van der Waals surface area contributed by atoms with Crippen LogP contribution in [0, 0.1) is 5.92 Å². The Labute approximate surface area is 157 Å². The van der Waals surface area contributed by atoms with Crippen LogP contribution < -0.4 is 10.6 Å². The first-order chi connectivity index (χ1) is 12.2. The highest BCUT2D eigenvalue weighted by molar-refractivity contribution is 5.81. The van der Waals surface area contributed by atoms with Gasteiger partial charge in [0.1, 0.15) is 11.7 Å². The van der Waals surface area contributed by atoms with Crippen molar-refractivity contribution < 1.29 is 19.1 Å². The van der Waals surface area contributed by atoms with Gasteiger partial charge in [-0.05, 0) is 58.9 Å². The molecule has 2 heterocycles. The number of amides is 2. The minimum Gasteiger partial charge on any atom is -0.444 e. The Morgan fingerprint density at radius 1 is 1.19 bits per heavy atom. The molecule has 0 bridgehead atoms. The molecule has 2 rings (SSSR count). The SMILES string of the molecule is CC1CCCN(CCNC(=O)C2CCC(CNC(=O)OC(C)(C)C)O2)C1. The van der Waals surface area contributed by atoms with Crippen molar-refractivity contribution in [1.29, 1.82) is 0 Å². The van der Waals surface area contributed by atoms with E-state index in [1.54, 1.807) is 0 Å². The molecular weight excluding hydrogens is 334 g/mol. The van der Waals surface area contributed by atoms with Gasteiger partial charge in [-0.25, -0.2) is 4.79 Å². The third-order valence-corrected chi connectivity index (χ3v) is 4.74. The molecule has 2 aliphatic rings. The average Bonchev–Trinajstić information content (AvgIpc) is 3.00. The number of nitrogens with zero attached hydrogens (tertiary/aromatic N) is 1. The van der Waals surface area contributed by atoms with E-state index in [1.807, 2.05) is 20.8 Å². The minimum absolute atomic E-state index is 0.0465. The van der Waals surface area contributed by atoms with Crippen LogP contribution in [0.4, 0.5) is 4.79 Å². The fraction of sp³-hybridized carbons (Fsp3) is 0.895. The number of carbonyl (C=O) groups excluding carboxylic acids is 2. The van der Waals surface area contributed by atoms with Crippen molar-refractivity contribution in [3.8, 4) is 0 Å². The molecule has 2 saturated heterocycles. The summed E-state index contributed by atoms with van der Waals surface area (Å²) in [4.78, 5) is 26.3. The van der Waals surface area contributed by atoms with Crippen LogP contribution in [0.15, 0.2) is 0 Å². The Kier molecular flexibility index (Phi) is 7.70. The van der Waals surface area contributed by atoms with Gasteiger partial charge in [-0.1, -0.05) is 6.92 Å². The molecule has 2 N–H and O–H groups in total. The van der Waals surface area contributed by atoms with Gasteiger partial charge in [0.15, 0.2) is 0 Å². The molecule has 0 saturated carbocycles. The van der Waals surface area contributed by atoms with E-state index in [4.69, 9.17) is 9.47 Å². The van der Waals surface area contributed by atoms with Crippen LogP contribution in [-0.2, 0) is 14.3 Å². The van der Waals surface area contributed by atoms with E-state index in [0.717, 1.165) is 32.0 Å². The number of hydrogen-bond donors (Lipinski definition) is 2. The van der Waals surface area contributed by atoms with Crippen LogP contribution >= 0.6 is 0 Å². The maximum Gasteiger partial charge on any atom is 0.407 e. The molecule has 2 fully saturated rings. The molecule has 7 heteroatoms. The lowest BCUT2D eigenvalue weighted by atomic mass is 10.0. The molecule has 3 atom stereocenters. The standard InChI is InChI=1S/C19H35N3O4/c1-14-6-5-10-22(13-14)11-9-20-17(23)16-8-7-15(25-16)12-21-18(24)26-19(2,3)4/h14-16H,5-13H2,1-4H3,(H,20,23)(H,21,24). The van der Waals surface area contributed by atoms with Crippen molar-refractivity contribution in [1.82, 2.24) is 15.5 Å². The van der Waals surface area contributed by atoms with Crippen molar-refractivity contribution in [2.24, 2.45) is 5.92 Å². The predicted octanol–water partition coefficient (Wildman–Crippen LogP) is 1.91. The molecule has 2 aliphatic heterocycles. The van der Waals surface area contributed by atoms with Crippen LogP contribution in [0.1, 0.15) is 53.4 Å². The Hall–Kier alpha value is -1.34. The largest absolute Gasteiger partial charge is 0.444 e. The zero-order chi connectivity index (χ0) is 19.2. The second-order valence-electron chi connectivity index (χ2n) is 8.55. The number of piperidine rings is 1. The van der Waals surface area contributed by atoms with E-state index in [9.17, 15) is 9.59 Å². The van der Waals surface area contributed by atoms with E-state index < -0.39 is 17.8 Å². The molecule has 150 valence electrons. The van der Waals surface area contributed by atoms with E-state index in [0.29, 0.717) is 19.5 Å². The maximum absolute atomic E-state index is 12.3. The number of nitrogens with one attached hydrogen (secondary N) is 2. The number of ether oxygens (including phenoxy) is 2. The molecule has 0 radical (unpaired) electrons. The molecule has 7 nitrogen and oxygen atoms in total. The minimum atomic E-state index is -0.519. The number of hydrogen-bond acceptors (Lipinski definition) is 5. The fourth-order valence-electron chi connectivity index (χ4n) is 3.50. The first-order valence-electron chi connectivity index (χ1n) is 9.85. The van der Waals surface area contributed by atoms with Crippen molar-refractivity contribution in [2.45, 2.75) is 71.2 Å². The van der Waals surface area contributed by atoms with E-state index in [2.05, 4.69) is 22.5 Å². The van der Waals surface area contributed by atoms with Crippen LogP contribution in [0.3, 0.4) is 0 Å². The first-order valence-corrected chi connectivity index (χ1v) is 9.85. The highest BCUT2D eigenvalue weighted by atomic mass is 16.6. The van der Waals surface area contributed by atoms with Gasteiger partial charge in [-0.3, -0.25) is 4.79 Å². The summed E-state index contributed by atoms with van der Waals surface area (Å²) in [6.45, 7) is 11.9. The monoisotopic (exact) mass is 369 g/mol. The zero-order valence-corrected chi connectivity index (χ0v) is 16.7. The third-order valence-electron chi connectivity index (χ3n) is 4.74. The van der Waals surface area contributed by atoms with Crippen LogP contribution in [0.5, 0.6) is 0 Å². The summed E-state index contributed by atoms with van der Waals surface area (Å²) in [7, 11) is 0. The third kappa shape index (κ3) is 7.50. The maximum atomic E-state index is 12.3. The summed E-state index contributed by atoms with van der Waals surface area (Å²) >= 11 is 0. The smallest absolute Gasteiger partial charge is 0.407 e. The van der Waals surface area contributed by atoms with E-state index in [1.165, 1.54) is 12.8 Å². The molecule has 0 aliphatic carbocycles. The van der Waals surface area contributed by atoms with Gasteiger partial charge in [-0.2, -0.15) is 0 Å². The Bertz CT molecular complexity index is 478. The van der Waals surface area contributed by atoms with Crippen molar-refractivity contribution >= 4 is 12.0 Å². The summed E-state index contributed by atoms with van der Waals surface area (Å²) in [6, 6.07) is 0. The van der Waals surface area contributed by atoms with Gasteiger partial charge in [0.05, 0.1) is 6.10 Å². The summed E-state index contributed by atoms with van der Waals surface area (Å²) < 4.78 is 11.0. The van der Waals surface area contributed by atoms with Crippen molar-refractivity contribution in [3.05, 3.63) is 0 Å². The van der Waals surface area contributed by atoms with Gasteiger partial charge < -0.3 is 25.0 Å². The molecule has 0 spiro atoms. The van der Waals surface area contributed by atoms with Crippen molar-refractivity contribution in [3.63, 3.8) is 0 Å². The number of rotatable bonds is 6. The number of likely N-dealkylation sites (tertiary alicyclic amines) is 1. The molecule has 0 aromatic rings. The van der Waals surface area contributed by atoms with Gasteiger partial charge in [0.2, 0.25) is 5.91 Å². The Balaban J connectivity index is 1.60. The van der Waals surface area contributed by atoms with Crippen molar-refractivity contribution in [2.75, 3.05) is 32.7 Å². The van der Waals surface area contributed by atoms with Crippen LogP contribution in [-0.4, -0.2) is 67.4 Å². The lowest BCUT2D eigenvalue weighted by Crippen LogP contribution is -2.43. The Morgan fingerprint density at radius 3 is 2.65 bits per heavy atom. The summed E-state index contributed by atoms with van der Waals surface area (Å²) in [5, 5.41) is 5.69. The van der Waals surface area contributed by atoms with Gasteiger partial charge in [0.25, 0.3) is 0 Å².